The fraction of sp³-hybridized carbons (Fsp3) is 0.375. The van der Waals surface area contributed by atoms with E-state index in [0.29, 0.717) is 31.5 Å². The van der Waals surface area contributed by atoms with Crippen molar-refractivity contribution in [2.24, 2.45) is 5.92 Å². The molecule has 3 N–H and O–H groups in total. The van der Waals surface area contributed by atoms with E-state index in [1.807, 2.05) is 50.2 Å². The quantitative estimate of drug-likeness (QED) is 0.667. The summed E-state index contributed by atoms with van der Waals surface area (Å²) in [5, 5.41) is 8.79. The minimum Gasteiger partial charge on any atom is -0.351 e. The second-order valence-corrected chi connectivity index (χ2v) is 8.13. The van der Waals surface area contributed by atoms with Gasteiger partial charge in [-0.2, -0.15) is 0 Å². The van der Waals surface area contributed by atoms with Crippen LogP contribution in [0.3, 0.4) is 0 Å². The molecule has 2 aromatic carbocycles. The molecule has 7 heteroatoms. The summed E-state index contributed by atoms with van der Waals surface area (Å²) in [4.78, 5) is 39.5. The van der Waals surface area contributed by atoms with E-state index in [0.717, 1.165) is 5.69 Å². The van der Waals surface area contributed by atoms with Crippen LogP contribution in [0, 0.1) is 5.92 Å². The summed E-state index contributed by atoms with van der Waals surface area (Å²) in [6.45, 7) is 4.94. The Kier molecular flexibility index (Phi) is 7.65. The SMILES string of the molecule is CC(C)[C@H](NC(=O)c1ccccc1)C(=O)NC1CCN(C(=O)Nc2ccccc2)CC1. The number of hydrogen-bond donors (Lipinski definition) is 3. The first-order valence-electron chi connectivity index (χ1n) is 10.7. The first-order chi connectivity index (χ1) is 14.9. The summed E-state index contributed by atoms with van der Waals surface area (Å²) in [6, 6.07) is 17.4. The molecule has 3 rings (SSSR count). The zero-order valence-electron chi connectivity index (χ0n) is 18.0. The molecule has 0 unspecified atom stereocenters. The van der Waals surface area contributed by atoms with Crippen LogP contribution in [0.15, 0.2) is 60.7 Å². The van der Waals surface area contributed by atoms with Gasteiger partial charge < -0.3 is 20.9 Å². The van der Waals surface area contributed by atoms with Gasteiger partial charge >= 0.3 is 6.03 Å². The van der Waals surface area contributed by atoms with Crippen LogP contribution < -0.4 is 16.0 Å². The Morgan fingerprint density at radius 2 is 1.48 bits per heavy atom. The maximum Gasteiger partial charge on any atom is 0.321 e. The summed E-state index contributed by atoms with van der Waals surface area (Å²) in [7, 11) is 0. The highest BCUT2D eigenvalue weighted by atomic mass is 16.2. The van der Waals surface area contributed by atoms with Crippen LogP contribution in [0.25, 0.3) is 0 Å². The predicted molar refractivity (Wildman–Crippen MR) is 121 cm³/mol. The highest BCUT2D eigenvalue weighted by molar-refractivity contribution is 5.97. The number of piperidine rings is 1. The van der Waals surface area contributed by atoms with E-state index in [-0.39, 0.29) is 29.8 Å². The molecule has 7 nitrogen and oxygen atoms in total. The molecule has 0 saturated carbocycles. The molecule has 0 radical (unpaired) electrons. The Morgan fingerprint density at radius 3 is 2.06 bits per heavy atom. The standard InChI is InChI=1S/C24H30N4O3/c1-17(2)21(27-22(29)18-9-5-3-6-10-18)23(30)25-20-13-15-28(16-14-20)24(31)26-19-11-7-4-8-12-19/h3-12,17,20-21H,13-16H2,1-2H3,(H,25,30)(H,26,31)(H,27,29)/t21-/m0/s1. The minimum atomic E-state index is -0.618. The summed E-state index contributed by atoms with van der Waals surface area (Å²) >= 11 is 0. The number of benzene rings is 2. The van der Waals surface area contributed by atoms with Crippen molar-refractivity contribution in [2.75, 3.05) is 18.4 Å². The van der Waals surface area contributed by atoms with Gasteiger partial charge in [0.1, 0.15) is 6.04 Å². The molecule has 1 aliphatic rings. The second-order valence-electron chi connectivity index (χ2n) is 8.13. The van der Waals surface area contributed by atoms with Crippen molar-refractivity contribution in [3.63, 3.8) is 0 Å². The van der Waals surface area contributed by atoms with Crippen molar-refractivity contribution in [2.45, 2.75) is 38.8 Å². The molecule has 1 saturated heterocycles. The van der Waals surface area contributed by atoms with Crippen LogP contribution in [0.4, 0.5) is 10.5 Å². The van der Waals surface area contributed by atoms with E-state index in [9.17, 15) is 14.4 Å². The molecule has 1 atom stereocenters. The average Bonchev–Trinajstić information content (AvgIpc) is 2.78. The maximum atomic E-state index is 12.9. The normalized spacial score (nSPS) is 15.3. The first-order valence-corrected chi connectivity index (χ1v) is 10.7. The van der Waals surface area contributed by atoms with Crippen molar-refractivity contribution >= 4 is 23.5 Å². The van der Waals surface area contributed by atoms with Crippen LogP contribution in [0.5, 0.6) is 0 Å². The first kappa shape index (κ1) is 22.3. The maximum absolute atomic E-state index is 12.9. The molecule has 0 bridgehead atoms. The highest BCUT2D eigenvalue weighted by Crippen LogP contribution is 2.14. The molecule has 1 heterocycles. The van der Waals surface area contributed by atoms with Crippen LogP contribution in [0.2, 0.25) is 0 Å². The van der Waals surface area contributed by atoms with Gasteiger partial charge in [-0.25, -0.2) is 4.79 Å². The monoisotopic (exact) mass is 422 g/mol. The Hall–Kier alpha value is -3.35. The minimum absolute atomic E-state index is 0.0249. The number of amides is 4. The molecule has 2 aromatic rings. The van der Waals surface area contributed by atoms with Gasteiger partial charge in [-0.3, -0.25) is 9.59 Å². The van der Waals surface area contributed by atoms with Crippen molar-refractivity contribution < 1.29 is 14.4 Å². The lowest BCUT2D eigenvalue weighted by Gasteiger charge is -2.33. The molecular weight excluding hydrogens is 392 g/mol. The van der Waals surface area contributed by atoms with Gasteiger partial charge in [0, 0.05) is 30.4 Å². The van der Waals surface area contributed by atoms with Crippen LogP contribution in [0.1, 0.15) is 37.0 Å². The number of carbonyl (C=O) groups is 3. The predicted octanol–water partition coefficient (Wildman–Crippen LogP) is 3.25. The van der Waals surface area contributed by atoms with Gasteiger partial charge in [-0.05, 0) is 43.0 Å². The number of carbonyl (C=O) groups excluding carboxylic acids is 3. The molecule has 0 aromatic heterocycles. The number of rotatable bonds is 6. The van der Waals surface area contributed by atoms with Gasteiger partial charge in [0.05, 0.1) is 0 Å². The van der Waals surface area contributed by atoms with Crippen molar-refractivity contribution in [3.05, 3.63) is 66.2 Å². The molecule has 0 aliphatic carbocycles. The summed E-state index contributed by atoms with van der Waals surface area (Å²) in [5.74, 6) is -0.502. The van der Waals surface area contributed by atoms with E-state index in [1.54, 1.807) is 29.2 Å². The van der Waals surface area contributed by atoms with E-state index in [1.165, 1.54) is 0 Å². The Balaban J connectivity index is 1.49. The molecule has 4 amide bonds. The van der Waals surface area contributed by atoms with Crippen LogP contribution in [-0.2, 0) is 4.79 Å². The average molecular weight is 423 g/mol. The van der Waals surface area contributed by atoms with Crippen LogP contribution in [-0.4, -0.2) is 47.9 Å². The fourth-order valence-electron chi connectivity index (χ4n) is 3.59. The van der Waals surface area contributed by atoms with Crippen molar-refractivity contribution in [1.82, 2.24) is 15.5 Å². The summed E-state index contributed by atoms with van der Waals surface area (Å²) in [5.41, 5.74) is 1.29. The molecule has 1 aliphatic heterocycles. The number of hydrogen-bond acceptors (Lipinski definition) is 3. The number of para-hydroxylation sites is 1. The van der Waals surface area contributed by atoms with Gasteiger partial charge in [-0.1, -0.05) is 50.2 Å². The molecule has 1 fully saturated rings. The lowest BCUT2D eigenvalue weighted by atomic mass is 10.00. The van der Waals surface area contributed by atoms with Gasteiger partial charge in [0.15, 0.2) is 0 Å². The smallest absolute Gasteiger partial charge is 0.321 e. The third-order valence-electron chi connectivity index (χ3n) is 5.43. The second kappa shape index (κ2) is 10.6. The fourth-order valence-corrected chi connectivity index (χ4v) is 3.59. The topological polar surface area (TPSA) is 90.5 Å². The van der Waals surface area contributed by atoms with Gasteiger partial charge in [0.25, 0.3) is 5.91 Å². The third kappa shape index (κ3) is 6.31. The number of urea groups is 1. The van der Waals surface area contributed by atoms with Crippen LogP contribution >= 0.6 is 0 Å². The van der Waals surface area contributed by atoms with E-state index in [2.05, 4.69) is 16.0 Å². The number of anilines is 1. The largest absolute Gasteiger partial charge is 0.351 e. The number of nitrogens with one attached hydrogen (secondary N) is 3. The summed E-state index contributed by atoms with van der Waals surface area (Å²) < 4.78 is 0. The third-order valence-corrected chi connectivity index (χ3v) is 5.43. The van der Waals surface area contributed by atoms with E-state index < -0.39 is 6.04 Å². The highest BCUT2D eigenvalue weighted by Gasteiger charge is 2.29. The molecule has 164 valence electrons. The van der Waals surface area contributed by atoms with E-state index in [4.69, 9.17) is 0 Å². The van der Waals surface area contributed by atoms with E-state index >= 15 is 0 Å². The molecular formula is C24H30N4O3. The van der Waals surface area contributed by atoms with Crippen molar-refractivity contribution in [3.8, 4) is 0 Å². The zero-order valence-corrected chi connectivity index (χ0v) is 18.0. The summed E-state index contributed by atoms with van der Waals surface area (Å²) in [6.07, 6.45) is 1.34. The van der Waals surface area contributed by atoms with Gasteiger partial charge in [0.2, 0.25) is 5.91 Å². The number of likely N-dealkylation sites (tertiary alicyclic amines) is 1. The van der Waals surface area contributed by atoms with Gasteiger partial charge in [-0.15, -0.1) is 0 Å². The number of nitrogens with zero attached hydrogens (tertiary/aromatic N) is 1. The van der Waals surface area contributed by atoms with Crippen molar-refractivity contribution in [1.29, 1.82) is 0 Å². The Morgan fingerprint density at radius 1 is 0.903 bits per heavy atom. The Bertz CT molecular complexity index is 878. The zero-order chi connectivity index (χ0) is 22.2. The Labute approximate surface area is 183 Å². The molecule has 31 heavy (non-hydrogen) atoms. The lowest BCUT2D eigenvalue weighted by molar-refractivity contribution is -0.124. The molecule has 0 spiro atoms. The lowest BCUT2D eigenvalue weighted by Crippen LogP contribution is -2.54.